The van der Waals surface area contributed by atoms with E-state index in [9.17, 15) is 4.79 Å². The van der Waals surface area contributed by atoms with Gasteiger partial charge in [0.15, 0.2) is 0 Å². The first-order valence-corrected chi connectivity index (χ1v) is 4.81. The molecule has 0 N–H and O–H groups in total. The van der Waals surface area contributed by atoms with Gasteiger partial charge in [-0.05, 0) is 24.2 Å². The average molecular weight is 166 g/mol. The van der Waals surface area contributed by atoms with Crippen molar-refractivity contribution < 1.29 is 9.53 Å². The summed E-state index contributed by atoms with van der Waals surface area (Å²) in [5.74, 6) is 1.61. The highest BCUT2D eigenvalue weighted by atomic mass is 16.6. The van der Waals surface area contributed by atoms with Crippen molar-refractivity contribution in [2.45, 2.75) is 32.8 Å². The molecule has 3 rings (SSSR count). The van der Waals surface area contributed by atoms with Gasteiger partial charge in [0.05, 0.1) is 5.92 Å². The van der Waals surface area contributed by atoms with Crippen LogP contribution in [0.15, 0.2) is 0 Å². The Morgan fingerprint density at radius 1 is 1.42 bits per heavy atom. The average Bonchev–Trinajstić information content (AvgIpc) is 2.43. The van der Waals surface area contributed by atoms with Crippen molar-refractivity contribution in [2.75, 3.05) is 0 Å². The third kappa shape index (κ3) is 0.540. The molecule has 0 amide bonds. The van der Waals surface area contributed by atoms with Gasteiger partial charge in [-0.2, -0.15) is 0 Å². The third-order valence-electron chi connectivity index (χ3n) is 4.37. The lowest BCUT2D eigenvalue weighted by molar-refractivity contribution is -0.143. The molecule has 0 aromatic rings. The molecule has 3 fully saturated rings. The van der Waals surface area contributed by atoms with E-state index in [0.29, 0.717) is 11.3 Å². The van der Waals surface area contributed by atoms with Gasteiger partial charge in [-0.15, -0.1) is 0 Å². The van der Waals surface area contributed by atoms with E-state index in [-0.39, 0.29) is 18.0 Å². The van der Waals surface area contributed by atoms with Crippen LogP contribution in [0.5, 0.6) is 0 Å². The Kier molecular flexibility index (Phi) is 0.984. The second-order valence-electron chi connectivity index (χ2n) is 5.10. The molecule has 0 spiro atoms. The molecule has 4 atom stereocenters. The lowest BCUT2D eigenvalue weighted by Crippen LogP contribution is -2.22. The largest absolute Gasteiger partial charge is 0.462 e. The molecule has 66 valence electrons. The van der Waals surface area contributed by atoms with Crippen LogP contribution in [-0.2, 0) is 9.53 Å². The highest BCUT2D eigenvalue weighted by Gasteiger charge is 2.65. The van der Waals surface area contributed by atoms with Gasteiger partial charge in [0.2, 0.25) is 0 Å². The number of esters is 1. The molecule has 0 aromatic heterocycles. The summed E-state index contributed by atoms with van der Waals surface area (Å²) >= 11 is 0. The summed E-state index contributed by atoms with van der Waals surface area (Å²) < 4.78 is 5.34. The summed E-state index contributed by atoms with van der Waals surface area (Å²) in [5, 5.41) is 0. The fraction of sp³-hybridized carbons (Fsp3) is 0.900. The highest BCUT2D eigenvalue weighted by molar-refractivity contribution is 5.76. The fourth-order valence-electron chi connectivity index (χ4n) is 3.71. The van der Waals surface area contributed by atoms with Crippen LogP contribution in [0.1, 0.15) is 26.7 Å². The maximum atomic E-state index is 11.4. The van der Waals surface area contributed by atoms with Gasteiger partial charge in [-0.1, -0.05) is 13.8 Å². The standard InChI is InChI=1S/C10H14O2/c1-10(2)5-3-6-8(10)7(4-5)12-9(6)11/h5-8H,3-4H2,1-2H3. The van der Waals surface area contributed by atoms with Gasteiger partial charge in [-0.25, -0.2) is 0 Å². The van der Waals surface area contributed by atoms with Crippen LogP contribution in [0.25, 0.3) is 0 Å². The van der Waals surface area contributed by atoms with Crippen LogP contribution in [0, 0.1) is 23.2 Å². The van der Waals surface area contributed by atoms with E-state index in [1.165, 1.54) is 0 Å². The Bertz CT molecular complexity index is 257. The van der Waals surface area contributed by atoms with Crippen LogP contribution in [0.4, 0.5) is 0 Å². The maximum Gasteiger partial charge on any atom is 0.309 e. The quantitative estimate of drug-likeness (QED) is 0.511. The zero-order valence-electron chi connectivity index (χ0n) is 7.54. The van der Waals surface area contributed by atoms with Gasteiger partial charge in [0.1, 0.15) is 6.10 Å². The van der Waals surface area contributed by atoms with Crippen molar-refractivity contribution in [1.29, 1.82) is 0 Å². The Labute approximate surface area is 72.3 Å². The van der Waals surface area contributed by atoms with Crippen LogP contribution >= 0.6 is 0 Å². The van der Waals surface area contributed by atoms with Crippen LogP contribution in [-0.4, -0.2) is 12.1 Å². The number of fused-ring (bicyclic) bond motifs is 1. The normalized spacial score (nSPS) is 53.0. The molecule has 0 aromatic carbocycles. The molecule has 2 bridgehead atoms. The first-order chi connectivity index (χ1) is 5.60. The summed E-state index contributed by atoms with van der Waals surface area (Å²) in [6.45, 7) is 4.59. The minimum absolute atomic E-state index is 0.0816. The number of carbonyl (C=O) groups is 1. The molecule has 2 aliphatic carbocycles. The molecule has 4 unspecified atom stereocenters. The molecule has 0 radical (unpaired) electrons. The highest BCUT2D eigenvalue weighted by Crippen LogP contribution is 2.64. The predicted octanol–water partition coefficient (Wildman–Crippen LogP) is 1.59. The summed E-state index contributed by atoms with van der Waals surface area (Å²) in [6.07, 6.45) is 2.49. The van der Waals surface area contributed by atoms with Crippen molar-refractivity contribution in [3.8, 4) is 0 Å². The van der Waals surface area contributed by atoms with E-state index < -0.39 is 0 Å². The molecule has 2 saturated carbocycles. The van der Waals surface area contributed by atoms with Gasteiger partial charge < -0.3 is 4.74 Å². The van der Waals surface area contributed by atoms with Crippen molar-refractivity contribution >= 4 is 5.97 Å². The summed E-state index contributed by atoms with van der Waals surface area (Å²) in [7, 11) is 0. The molecule has 1 aliphatic heterocycles. The Morgan fingerprint density at radius 3 is 2.67 bits per heavy atom. The zero-order chi connectivity index (χ0) is 8.51. The van der Waals surface area contributed by atoms with Crippen LogP contribution < -0.4 is 0 Å². The van der Waals surface area contributed by atoms with E-state index in [4.69, 9.17) is 4.74 Å². The Morgan fingerprint density at radius 2 is 2.17 bits per heavy atom. The second-order valence-corrected chi connectivity index (χ2v) is 5.10. The molecule has 1 heterocycles. The van der Waals surface area contributed by atoms with Crippen molar-refractivity contribution in [2.24, 2.45) is 23.2 Å². The molecular formula is C10H14O2. The van der Waals surface area contributed by atoms with Crippen LogP contribution in [0.2, 0.25) is 0 Å². The predicted molar refractivity (Wildman–Crippen MR) is 43.4 cm³/mol. The third-order valence-corrected chi connectivity index (χ3v) is 4.37. The van der Waals surface area contributed by atoms with Crippen molar-refractivity contribution in [3.63, 3.8) is 0 Å². The summed E-state index contributed by atoms with van der Waals surface area (Å²) in [6, 6.07) is 0. The van der Waals surface area contributed by atoms with E-state index in [1.807, 2.05) is 0 Å². The summed E-state index contributed by atoms with van der Waals surface area (Å²) in [4.78, 5) is 11.4. The fourth-order valence-corrected chi connectivity index (χ4v) is 3.71. The van der Waals surface area contributed by atoms with Gasteiger partial charge >= 0.3 is 5.97 Å². The minimum Gasteiger partial charge on any atom is -0.462 e. The van der Waals surface area contributed by atoms with Crippen LogP contribution in [0.3, 0.4) is 0 Å². The monoisotopic (exact) mass is 166 g/mol. The molecule has 12 heavy (non-hydrogen) atoms. The topological polar surface area (TPSA) is 26.3 Å². The Hall–Kier alpha value is -0.530. The number of hydrogen-bond donors (Lipinski definition) is 0. The van der Waals surface area contributed by atoms with E-state index in [0.717, 1.165) is 18.8 Å². The van der Waals surface area contributed by atoms with E-state index in [2.05, 4.69) is 13.8 Å². The van der Waals surface area contributed by atoms with Gasteiger partial charge in [0, 0.05) is 5.92 Å². The molecule has 2 heteroatoms. The molecule has 1 saturated heterocycles. The SMILES string of the molecule is CC1(C)C2CC3OC(=O)C(C2)C31. The van der Waals surface area contributed by atoms with Crippen molar-refractivity contribution in [1.82, 2.24) is 0 Å². The smallest absolute Gasteiger partial charge is 0.309 e. The summed E-state index contributed by atoms with van der Waals surface area (Å²) in [5.41, 5.74) is 0.363. The molecule has 3 aliphatic rings. The number of ether oxygens (including phenoxy) is 1. The zero-order valence-corrected chi connectivity index (χ0v) is 7.54. The first-order valence-electron chi connectivity index (χ1n) is 4.81. The van der Waals surface area contributed by atoms with Gasteiger partial charge in [-0.3, -0.25) is 4.79 Å². The van der Waals surface area contributed by atoms with E-state index in [1.54, 1.807) is 0 Å². The van der Waals surface area contributed by atoms with Gasteiger partial charge in [0.25, 0.3) is 0 Å². The lowest BCUT2D eigenvalue weighted by atomic mass is 9.80. The van der Waals surface area contributed by atoms with Crippen molar-refractivity contribution in [3.05, 3.63) is 0 Å². The first kappa shape index (κ1) is 6.93. The number of rotatable bonds is 0. The molecule has 2 nitrogen and oxygen atoms in total. The second kappa shape index (κ2) is 1.70. The number of carbonyl (C=O) groups excluding carboxylic acids is 1. The maximum absolute atomic E-state index is 11.4. The minimum atomic E-state index is 0.0816. The molecular weight excluding hydrogens is 152 g/mol. The van der Waals surface area contributed by atoms with E-state index >= 15 is 0 Å². The number of hydrogen-bond acceptors (Lipinski definition) is 2. The Balaban J connectivity index is 2.08. The lowest BCUT2D eigenvalue weighted by Gasteiger charge is -2.23.